The van der Waals surface area contributed by atoms with E-state index in [9.17, 15) is 0 Å². The summed E-state index contributed by atoms with van der Waals surface area (Å²) in [7, 11) is 1.99. The molecule has 2 aromatic rings. The van der Waals surface area contributed by atoms with Gasteiger partial charge in [-0.3, -0.25) is 0 Å². The molecule has 0 spiro atoms. The molecule has 2 rings (SSSR count). The summed E-state index contributed by atoms with van der Waals surface area (Å²) in [6.07, 6.45) is 0.983. The first-order valence-corrected chi connectivity index (χ1v) is 7.71. The summed E-state index contributed by atoms with van der Waals surface area (Å²) in [6, 6.07) is 6.58. The molecule has 16 heavy (non-hydrogen) atoms. The molecule has 0 amide bonds. The van der Waals surface area contributed by atoms with E-state index in [1.54, 1.807) is 22.7 Å². The van der Waals surface area contributed by atoms with Crippen LogP contribution >= 0.6 is 50.2 Å². The van der Waals surface area contributed by atoms with Crippen LogP contribution in [0.15, 0.2) is 27.4 Å². The lowest BCUT2D eigenvalue weighted by atomic mass is 10.1. The van der Waals surface area contributed by atoms with Gasteiger partial charge in [0.15, 0.2) is 0 Å². The van der Waals surface area contributed by atoms with E-state index in [0.717, 1.165) is 10.8 Å². The molecule has 2 aromatic heterocycles. The summed E-state index contributed by atoms with van der Waals surface area (Å²) < 4.78 is 2.03. The Morgan fingerprint density at radius 3 is 2.81 bits per heavy atom. The van der Waals surface area contributed by atoms with Crippen LogP contribution in [-0.2, 0) is 6.42 Å². The number of halogens is 2. The van der Waals surface area contributed by atoms with Gasteiger partial charge in [0.25, 0.3) is 0 Å². The smallest absolute Gasteiger partial charge is 0.0931 e. The topological polar surface area (TPSA) is 12.0 Å². The molecule has 1 nitrogen and oxygen atoms in total. The SMILES string of the molecule is CNC(Cc1ccc(Cl)s1)c1csc(Br)c1. The van der Waals surface area contributed by atoms with E-state index in [2.05, 4.69) is 38.8 Å². The van der Waals surface area contributed by atoms with Crippen LogP contribution < -0.4 is 5.32 Å². The molecule has 0 saturated carbocycles. The van der Waals surface area contributed by atoms with Gasteiger partial charge >= 0.3 is 0 Å². The zero-order chi connectivity index (χ0) is 11.5. The van der Waals surface area contributed by atoms with Crippen molar-refractivity contribution in [1.82, 2.24) is 5.32 Å². The van der Waals surface area contributed by atoms with Crippen molar-refractivity contribution in [1.29, 1.82) is 0 Å². The monoisotopic (exact) mass is 335 g/mol. The minimum absolute atomic E-state index is 0.359. The van der Waals surface area contributed by atoms with Crippen LogP contribution in [0.3, 0.4) is 0 Å². The second kappa shape index (κ2) is 5.65. The summed E-state index contributed by atoms with van der Waals surface area (Å²) >= 11 is 12.8. The first-order chi connectivity index (χ1) is 7.69. The Morgan fingerprint density at radius 1 is 1.50 bits per heavy atom. The fourth-order valence-electron chi connectivity index (χ4n) is 1.56. The number of thiophene rings is 2. The van der Waals surface area contributed by atoms with E-state index >= 15 is 0 Å². The van der Waals surface area contributed by atoms with E-state index in [1.807, 2.05) is 13.1 Å². The summed E-state index contributed by atoms with van der Waals surface area (Å²) in [5, 5.41) is 5.52. The number of hydrogen-bond acceptors (Lipinski definition) is 3. The predicted octanol–water partition coefficient (Wildman–Crippen LogP) is 4.73. The summed E-state index contributed by atoms with van der Waals surface area (Å²) in [5.74, 6) is 0. The van der Waals surface area contributed by atoms with Crippen LogP contribution in [0, 0.1) is 0 Å². The third kappa shape index (κ3) is 3.08. The Balaban J connectivity index is 2.12. The Bertz CT molecular complexity index is 466. The highest BCUT2D eigenvalue weighted by Crippen LogP contribution is 2.30. The van der Waals surface area contributed by atoms with Gasteiger partial charge in [-0.2, -0.15) is 0 Å². The predicted molar refractivity (Wildman–Crippen MR) is 76.9 cm³/mol. The van der Waals surface area contributed by atoms with Crippen LogP contribution in [0.1, 0.15) is 16.5 Å². The summed E-state index contributed by atoms with van der Waals surface area (Å²) in [4.78, 5) is 1.31. The van der Waals surface area contributed by atoms with E-state index in [4.69, 9.17) is 11.6 Å². The van der Waals surface area contributed by atoms with Crippen molar-refractivity contribution in [2.75, 3.05) is 7.05 Å². The van der Waals surface area contributed by atoms with Crippen LogP contribution in [0.2, 0.25) is 4.34 Å². The molecule has 2 heterocycles. The minimum Gasteiger partial charge on any atom is -0.313 e. The van der Waals surface area contributed by atoms with Crippen LogP contribution in [0.4, 0.5) is 0 Å². The van der Waals surface area contributed by atoms with Crippen molar-refractivity contribution in [2.45, 2.75) is 12.5 Å². The molecule has 0 aliphatic rings. The summed E-state index contributed by atoms with van der Waals surface area (Å²) in [5.41, 5.74) is 1.32. The zero-order valence-corrected chi connectivity index (χ0v) is 12.6. The Morgan fingerprint density at radius 2 is 2.31 bits per heavy atom. The maximum absolute atomic E-state index is 5.93. The number of likely N-dealkylation sites (N-methyl/N-ethyl adjacent to an activating group) is 1. The molecule has 86 valence electrons. The van der Waals surface area contributed by atoms with Gasteiger partial charge in [-0.05, 0) is 52.1 Å². The molecular formula is C11H11BrClNS2. The molecular weight excluding hydrogens is 326 g/mol. The maximum atomic E-state index is 5.93. The lowest BCUT2D eigenvalue weighted by Gasteiger charge is -2.13. The van der Waals surface area contributed by atoms with E-state index in [0.29, 0.717) is 6.04 Å². The molecule has 0 aromatic carbocycles. The van der Waals surface area contributed by atoms with E-state index in [1.165, 1.54) is 14.2 Å². The van der Waals surface area contributed by atoms with E-state index in [-0.39, 0.29) is 0 Å². The standard InChI is InChI=1S/C11H11BrClNS2/c1-14-9(7-4-10(12)15-6-7)5-8-2-3-11(13)16-8/h2-4,6,9,14H,5H2,1H3. The van der Waals surface area contributed by atoms with Gasteiger partial charge in [-0.15, -0.1) is 22.7 Å². The van der Waals surface area contributed by atoms with E-state index < -0.39 is 0 Å². The minimum atomic E-state index is 0.359. The molecule has 1 atom stereocenters. The average molecular weight is 337 g/mol. The molecule has 5 heteroatoms. The molecule has 1 N–H and O–H groups in total. The van der Waals surface area contributed by atoms with Gasteiger partial charge < -0.3 is 5.32 Å². The van der Waals surface area contributed by atoms with Gasteiger partial charge in [0.1, 0.15) is 0 Å². The fourth-order valence-corrected chi connectivity index (χ4v) is 3.92. The van der Waals surface area contributed by atoms with Gasteiger partial charge in [-0.1, -0.05) is 11.6 Å². The quantitative estimate of drug-likeness (QED) is 0.851. The molecule has 1 unspecified atom stereocenters. The number of hydrogen-bond donors (Lipinski definition) is 1. The molecule has 0 saturated heterocycles. The van der Waals surface area contributed by atoms with Crippen molar-refractivity contribution in [2.24, 2.45) is 0 Å². The first kappa shape index (κ1) is 12.6. The fraction of sp³-hybridized carbons (Fsp3) is 0.273. The van der Waals surface area contributed by atoms with Crippen LogP contribution in [0.25, 0.3) is 0 Å². The highest BCUT2D eigenvalue weighted by atomic mass is 79.9. The average Bonchev–Trinajstić information content (AvgIpc) is 2.84. The van der Waals surface area contributed by atoms with Gasteiger partial charge in [0.05, 0.1) is 8.12 Å². The largest absolute Gasteiger partial charge is 0.313 e. The number of rotatable bonds is 4. The van der Waals surface area contributed by atoms with Gasteiger partial charge in [0, 0.05) is 17.3 Å². The Hall–Kier alpha value is 0.130. The van der Waals surface area contributed by atoms with Crippen molar-refractivity contribution < 1.29 is 0 Å². The highest BCUT2D eigenvalue weighted by Gasteiger charge is 2.12. The zero-order valence-electron chi connectivity index (χ0n) is 8.67. The second-order valence-corrected chi connectivity index (χ2v) is 7.53. The third-order valence-corrected chi connectivity index (χ3v) is 5.15. The lowest BCUT2D eigenvalue weighted by Crippen LogP contribution is -2.17. The van der Waals surface area contributed by atoms with Gasteiger partial charge in [0.2, 0.25) is 0 Å². The normalized spacial score (nSPS) is 12.9. The Kier molecular flexibility index (Phi) is 4.44. The Labute approximate surface area is 117 Å². The molecule has 0 fully saturated rings. The molecule has 0 bridgehead atoms. The van der Waals surface area contributed by atoms with Crippen LogP contribution in [-0.4, -0.2) is 7.05 Å². The molecule has 0 aliphatic carbocycles. The lowest BCUT2D eigenvalue weighted by molar-refractivity contribution is 0.598. The van der Waals surface area contributed by atoms with Crippen LogP contribution in [0.5, 0.6) is 0 Å². The van der Waals surface area contributed by atoms with Crippen molar-refractivity contribution in [3.05, 3.63) is 42.1 Å². The maximum Gasteiger partial charge on any atom is 0.0931 e. The van der Waals surface area contributed by atoms with Gasteiger partial charge in [-0.25, -0.2) is 0 Å². The first-order valence-electron chi connectivity index (χ1n) is 4.84. The molecule has 0 radical (unpaired) electrons. The number of nitrogens with one attached hydrogen (secondary N) is 1. The highest BCUT2D eigenvalue weighted by molar-refractivity contribution is 9.11. The summed E-state index contributed by atoms with van der Waals surface area (Å²) in [6.45, 7) is 0. The molecule has 0 aliphatic heterocycles. The second-order valence-electron chi connectivity index (χ2n) is 3.44. The van der Waals surface area contributed by atoms with Crippen molar-refractivity contribution in [3.63, 3.8) is 0 Å². The third-order valence-electron chi connectivity index (χ3n) is 2.37. The van der Waals surface area contributed by atoms with Crippen molar-refractivity contribution >= 4 is 50.2 Å². The van der Waals surface area contributed by atoms with Crippen molar-refractivity contribution in [3.8, 4) is 0 Å².